The molecule has 2 heterocycles. The second-order valence-electron chi connectivity index (χ2n) is 5.16. The molecule has 2 fully saturated rings. The molecule has 0 radical (unpaired) electrons. The van der Waals surface area contributed by atoms with Crippen LogP contribution in [-0.4, -0.2) is 36.9 Å². The first-order chi connectivity index (χ1) is 8.36. The Labute approximate surface area is 103 Å². The average Bonchev–Trinajstić information content (AvgIpc) is 2.83. The number of rotatable bonds is 2. The minimum atomic E-state index is 0.146. The Morgan fingerprint density at radius 3 is 2.59 bits per heavy atom. The smallest absolute Gasteiger partial charge is 0.0974 e. The van der Waals surface area contributed by atoms with Gasteiger partial charge in [0.05, 0.1) is 12.3 Å². The first-order valence-electron chi connectivity index (χ1n) is 6.47. The van der Waals surface area contributed by atoms with Crippen molar-refractivity contribution in [3.05, 3.63) is 35.9 Å². The predicted octanol–water partition coefficient (Wildman–Crippen LogP) is 1.60. The molecule has 1 aromatic rings. The van der Waals surface area contributed by atoms with Crippen molar-refractivity contribution in [1.29, 1.82) is 0 Å². The fraction of sp³-hybridized carbons (Fsp3) is 0.571. The van der Waals surface area contributed by atoms with Crippen molar-refractivity contribution >= 4 is 0 Å². The van der Waals surface area contributed by atoms with E-state index >= 15 is 0 Å². The van der Waals surface area contributed by atoms with Gasteiger partial charge in [-0.25, -0.2) is 0 Å². The van der Waals surface area contributed by atoms with Crippen molar-refractivity contribution in [3.8, 4) is 0 Å². The van der Waals surface area contributed by atoms with Gasteiger partial charge in [-0.3, -0.25) is 10.2 Å². The molecule has 3 heteroatoms. The SMILES string of the molecule is c1ccc(CN2CCC3(CC2)CNCO3)cc1. The van der Waals surface area contributed by atoms with Crippen molar-refractivity contribution in [2.24, 2.45) is 0 Å². The lowest BCUT2D eigenvalue weighted by Crippen LogP contribution is -2.46. The highest BCUT2D eigenvalue weighted by Gasteiger charge is 2.38. The topological polar surface area (TPSA) is 24.5 Å². The van der Waals surface area contributed by atoms with Gasteiger partial charge in [0.15, 0.2) is 0 Å². The fourth-order valence-electron chi connectivity index (χ4n) is 2.82. The predicted molar refractivity (Wildman–Crippen MR) is 67.6 cm³/mol. The van der Waals surface area contributed by atoms with E-state index in [1.54, 1.807) is 0 Å². The molecule has 0 atom stereocenters. The van der Waals surface area contributed by atoms with Crippen LogP contribution in [0.1, 0.15) is 18.4 Å². The summed E-state index contributed by atoms with van der Waals surface area (Å²) in [5.41, 5.74) is 1.56. The zero-order valence-electron chi connectivity index (χ0n) is 10.2. The number of nitrogens with one attached hydrogen (secondary N) is 1. The number of ether oxygens (including phenoxy) is 1. The van der Waals surface area contributed by atoms with E-state index in [9.17, 15) is 0 Å². The molecule has 2 aliphatic rings. The molecule has 2 saturated heterocycles. The monoisotopic (exact) mass is 232 g/mol. The molecule has 92 valence electrons. The third-order valence-electron chi connectivity index (χ3n) is 3.94. The van der Waals surface area contributed by atoms with Gasteiger partial charge in [-0.1, -0.05) is 30.3 Å². The van der Waals surface area contributed by atoms with E-state index in [1.807, 2.05) is 0 Å². The number of nitrogens with zero attached hydrogens (tertiary/aromatic N) is 1. The Hall–Kier alpha value is -0.900. The molecule has 0 amide bonds. The maximum atomic E-state index is 5.84. The van der Waals surface area contributed by atoms with Gasteiger partial charge >= 0.3 is 0 Å². The highest BCUT2D eigenvalue weighted by Crippen LogP contribution is 2.28. The minimum absolute atomic E-state index is 0.146. The lowest BCUT2D eigenvalue weighted by Gasteiger charge is -2.38. The van der Waals surface area contributed by atoms with Gasteiger partial charge < -0.3 is 4.74 Å². The molecule has 3 rings (SSSR count). The quantitative estimate of drug-likeness (QED) is 0.838. The molecule has 0 bridgehead atoms. The van der Waals surface area contributed by atoms with Crippen LogP contribution in [0.25, 0.3) is 0 Å². The maximum absolute atomic E-state index is 5.84. The van der Waals surface area contributed by atoms with Crippen LogP contribution in [0.4, 0.5) is 0 Å². The lowest BCUT2D eigenvalue weighted by atomic mass is 9.91. The maximum Gasteiger partial charge on any atom is 0.0974 e. The summed E-state index contributed by atoms with van der Waals surface area (Å²) in [7, 11) is 0. The van der Waals surface area contributed by atoms with E-state index in [0.29, 0.717) is 0 Å². The first kappa shape index (κ1) is 11.2. The van der Waals surface area contributed by atoms with Crippen LogP contribution in [0.2, 0.25) is 0 Å². The van der Waals surface area contributed by atoms with Gasteiger partial charge in [0, 0.05) is 26.2 Å². The molecule has 17 heavy (non-hydrogen) atoms. The van der Waals surface area contributed by atoms with Crippen molar-refractivity contribution in [2.45, 2.75) is 25.0 Å². The molecule has 3 nitrogen and oxygen atoms in total. The average molecular weight is 232 g/mol. The number of piperidine rings is 1. The van der Waals surface area contributed by atoms with Crippen molar-refractivity contribution in [1.82, 2.24) is 10.2 Å². The van der Waals surface area contributed by atoms with Gasteiger partial charge in [0.25, 0.3) is 0 Å². The van der Waals surface area contributed by atoms with Gasteiger partial charge in [-0.05, 0) is 18.4 Å². The zero-order chi connectivity index (χ0) is 11.6. The Kier molecular flexibility index (Phi) is 3.14. The van der Waals surface area contributed by atoms with Gasteiger partial charge in [-0.15, -0.1) is 0 Å². The highest BCUT2D eigenvalue weighted by atomic mass is 16.5. The second-order valence-corrected chi connectivity index (χ2v) is 5.16. The van der Waals surface area contributed by atoms with E-state index in [-0.39, 0.29) is 5.60 Å². The van der Waals surface area contributed by atoms with Crippen LogP contribution in [0, 0.1) is 0 Å². The molecule has 0 aliphatic carbocycles. The molecular formula is C14H20N2O. The number of benzene rings is 1. The molecule has 1 N–H and O–H groups in total. The zero-order valence-corrected chi connectivity index (χ0v) is 10.2. The van der Waals surface area contributed by atoms with E-state index in [0.717, 1.165) is 45.8 Å². The number of hydrogen-bond donors (Lipinski definition) is 1. The molecule has 0 aromatic heterocycles. The first-order valence-corrected chi connectivity index (χ1v) is 6.47. The summed E-state index contributed by atoms with van der Waals surface area (Å²) in [5, 5.41) is 3.31. The fourth-order valence-corrected chi connectivity index (χ4v) is 2.82. The van der Waals surface area contributed by atoms with Crippen LogP contribution in [-0.2, 0) is 11.3 Å². The van der Waals surface area contributed by atoms with Crippen LogP contribution in [0.5, 0.6) is 0 Å². The van der Waals surface area contributed by atoms with Gasteiger partial charge in [0.1, 0.15) is 0 Å². The Bertz CT molecular complexity index is 350. The molecule has 1 aromatic carbocycles. The van der Waals surface area contributed by atoms with Gasteiger partial charge in [0.2, 0.25) is 0 Å². The van der Waals surface area contributed by atoms with Crippen LogP contribution >= 0.6 is 0 Å². The second kappa shape index (κ2) is 4.77. The lowest BCUT2D eigenvalue weighted by molar-refractivity contribution is -0.0380. The van der Waals surface area contributed by atoms with E-state index in [2.05, 4.69) is 40.5 Å². The highest BCUT2D eigenvalue weighted by molar-refractivity contribution is 5.14. The van der Waals surface area contributed by atoms with E-state index in [1.165, 1.54) is 5.56 Å². The molecule has 0 unspecified atom stereocenters. The van der Waals surface area contributed by atoms with Crippen molar-refractivity contribution in [2.75, 3.05) is 26.4 Å². The number of likely N-dealkylation sites (tertiary alicyclic amines) is 1. The van der Waals surface area contributed by atoms with Crippen LogP contribution in [0.3, 0.4) is 0 Å². The third kappa shape index (κ3) is 2.51. The number of hydrogen-bond acceptors (Lipinski definition) is 3. The largest absolute Gasteiger partial charge is 0.358 e. The molecular weight excluding hydrogens is 212 g/mol. The molecule has 2 aliphatic heterocycles. The minimum Gasteiger partial charge on any atom is -0.358 e. The summed E-state index contributed by atoms with van der Waals surface area (Å²) in [6, 6.07) is 10.7. The summed E-state index contributed by atoms with van der Waals surface area (Å²) in [6.07, 6.45) is 2.32. The van der Waals surface area contributed by atoms with E-state index in [4.69, 9.17) is 4.74 Å². The summed E-state index contributed by atoms with van der Waals surface area (Å²) in [5.74, 6) is 0. The third-order valence-corrected chi connectivity index (χ3v) is 3.94. The van der Waals surface area contributed by atoms with E-state index < -0.39 is 0 Å². The Balaban J connectivity index is 1.55. The van der Waals surface area contributed by atoms with Crippen LogP contribution in [0.15, 0.2) is 30.3 Å². The summed E-state index contributed by atoms with van der Waals surface area (Å²) in [4.78, 5) is 2.53. The normalized spacial score (nSPS) is 24.2. The van der Waals surface area contributed by atoms with Crippen molar-refractivity contribution in [3.63, 3.8) is 0 Å². The summed E-state index contributed by atoms with van der Waals surface area (Å²) >= 11 is 0. The molecule has 1 spiro atoms. The van der Waals surface area contributed by atoms with Crippen molar-refractivity contribution < 1.29 is 4.74 Å². The standard InChI is InChI=1S/C14H20N2O/c1-2-4-13(5-3-1)10-16-8-6-14(7-9-16)11-15-12-17-14/h1-5,15H,6-12H2. The molecule has 0 saturated carbocycles. The van der Waals surface area contributed by atoms with Gasteiger partial charge in [-0.2, -0.15) is 0 Å². The summed E-state index contributed by atoms with van der Waals surface area (Å²) in [6.45, 7) is 5.14. The Morgan fingerprint density at radius 1 is 1.18 bits per heavy atom. The van der Waals surface area contributed by atoms with Crippen LogP contribution < -0.4 is 5.32 Å². The summed E-state index contributed by atoms with van der Waals surface area (Å²) < 4.78 is 5.84. The Morgan fingerprint density at radius 2 is 1.94 bits per heavy atom.